The molecule has 1 saturated heterocycles. The van der Waals surface area contributed by atoms with Gasteiger partial charge in [-0.1, -0.05) is 12.1 Å². The van der Waals surface area contributed by atoms with Crippen molar-refractivity contribution < 1.29 is 17.9 Å². The minimum absolute atomic E-state index is 0. The maximum absolute atomic E-state index is 12.1. The van der Waals surface area contributed by atoms with Crippen LogP contribution in [-0.2, 0) is 0 Å². The lowest BCUT2D eigenvalue weighted by molar-refractivity contribution is -0.274. The van der Waals surface area contributed by atoms with Gasteiger partial charge < -0.3 is 10.5 Å². The molecular weight excluding hydrogens is 317 g/mol. The molecule has 3 unspecified atom stereocenters. The van der Waals surface area contributed by atoms with Gasteiger partial charge in [0.1, 0.15) is 5.75 Å². The highest BCUT2D eigenvalue weighted by molar-refractivity contribution is 5.85. The van der Waals surface area contributed by atoms with Crippen molar-refractivity contribution in [3.8, 4) is 5.75 Å². The molecule has 1 aliphatic heterocycles. The molecule has 0 bridgehead atoms. The molecule has 1 heterocycles. The Labute approximate surface area is 135 Å². The highest BCUT2D eigenvalue weighted by Crippen LogP contribution is 2.32. The smallest absolute Gasteiger partial charge is 0.406 e. The number of rotatable bonds is 4. The van der Waals surface area contributed by atoms with Gasteiger partial charge in [-0.2, -0.15) is 0 Å². The van der Waals surface area contributed by atoms with Gasteiger partial charge in [-0.3, -0.25) is 4.90 Å². The molecule has 126 valence electrons. The minimum Gasteiger partial charge on any atom is -0.406 e. The molecule has 2 rings (SSSR count). The number of hydrogen-bond donors (Lipinski definition) is 1. The van der Waals surface area contributed by atoms with E-state index >= 15 is 0 Å². The van der Waals surface area contributed by atoms with E-state index in [1.165, 1.54) is 12.1 Å². The van der Waals surface area contributed by atoms with Crippen LogP contribution in [0.4, 0.5) is 13.2 Å². The van der Waals surface area contributed by atoms with Crippen molar-refractivity contribution in [2.24, 2.45) is 11.7 Å². The zero-order valence-electron chi connectivity index (χ0n) is 12.6. The summed E-state index contributed by atoms with van der Waals surface area (Å²) in [5.41, 5.74) is 6.71. The van der Waals surface area contributed by atoms with E-state index in [2.05, 4.69) is 23.5 Å². The van der Waals surface area contributed by atoms with Gasteiger partial charge in [0.25, 0.3) is 0 Å². The summed E-state index contributed by atoms with van der Waals surface area (Å²) in [6.07, 6.45) is -3.58. The van der Waals surface area contributed by atoms with Crippen LogP contribution in [0.25, 0.3) is 0 Å². The number of nitrogens with zero attached hydrogens (tertiary/aromatic N) is 1. The topological polar surface area (TPSA) is 38.5 Å². The number of alkyl halides is 3. The fourth-order valence-corrected chi connectivity index (χ4v) is 3.02. The predicted octanol–water partition coefficient (Wildman–Crippen LogP) is 3.74. The normalized spacial score (nSPS) is 23.9. The van der Waals surface area contributed by atoms with Gasteiger partial charge in [0, 0.05) is 18.6 Å². The largest absolute Gasteiger partial charge is 0.573 e. The Morgan fingerprint density at radius 2 is 1.91 bits per heavy atom. The number of likely N-dealkylation sites (tertiary alicyclic amines) is 1. The van der Waals surface area contributed by atoms with Crippen LogP contribution in [-0.4, -0.2) is 30.4 Å². The first kappa shape index (κ1) is 19.1. The molecule has 0 spiro atoms. The van der Waals surface area contributed by atoms with Gasteiger partial charge in [-0.05, 0) is 50.4 Å². The predicted molar refractivity (Wildman–Crippen MR) is 82.1 cm³/mol. The zero-order chi connectivity index (χ0) is 15.6. The van der Waals surface area contributed by atoms with Gasteiger partial charge >= 0.3 is 6.36 Å². The van der Waals surface area contributed by atoms with Crippen molar-refractivity contribution in [3.63, 3.8) is 0 Å². The van der Waals surface area contributed by atoms with Crippen LogP contribution in [0.3, 0.4) is 0 Å². The SMILES string of the molecule is CC1CC(CN)CN1C(C)c1ccc(OC(F)(F)F)cc1.Cl. The van der Waals surface area contributed by atoms with E-state index < -0.39 is 6.36 Å². The van der Waals surface area contributed by atoms with Gasteiger partial charge in [-0.25, -0.2) is 0 Å². The Balaban J connectivity index is 0.00000242. The second-order valence-electron chi connectivity index (χ2n) is 5.68. The van der Waals surface area contributed by atoms with E-state index in [4.69, 9.17) is 5.73 Å². The molecule has 1 fully saturated rings. The molecule has 1 aromatic rings. The lowest BCUT2D eigenvalue weighted by atomic mass is 10.1. The standard InChI is InChI=1S/C15H21F3N2O.ClH/c1-10-7-12(8-19)9-20(10)11(2)13-3-5-14(6-4-13)21-15(16,17)18;/h3-6,10-12H,7-9,19H2,1-2H3;1H. The molecule has 0 saturated carbocycles. The second-order valence-corrected chi connectivity index (χ2v) is 5.68. The third-order valence-electron chi connectivity index (χ3n) is 4.14. The molecule has 0 aromatic heterocycles. The Morgan fingerprint density at radius 3 is 2.36 bits per heavy atom. The van der Waals surface area contributed by atoms with Gasteiger partial charge in [-0.15, -0.1) is 25.6 Å². The van der Waals surface area contributed by atoms with E-state index in [1.807, 2.05) is 0 Å². The molecule has 0 amide bonds. The Morgan fingerprint density at radius 1 is 1.32 bits per heavy atom. The molecule has 7 heteroatoms. The summed E-state index contributed by atoms with van der Waals surface area (Å²) in [5.74, 6) is 0.308. The lowest BCUT2D eigenvalue weighted by Gasteiger charge is -2.29. The number of benzene rings is 1. The van der Waals surface area contributed by atoms with Crippen LogP contribution >= 0.6 is 12.4 Å². The molecule has 3 atom stereocenters. The first-order valence-electron chi connectivity index (χ1n) is 7.11. The summed E-state index contributed by atoms with van der Waals surface area (Å²) in [7, 11) is 0. The van der Waals surface area contributed by atoms with E-state index in [0.29, 0.717) is 18.5 Å². The van der Waals surface area contributed by atoms with Gasteiger partial charge in [0.2, 0.25) is 0 Å². The summed E-state index contributed by atoms with van der Waals surface area (Å²) >= 11 is 0. The summed E-state index contributed by atoms with van der Waals surface area (Å²) in [5, 5.41) is 0. The molecule has 0 aliphatic carbocycles. The summed E-state index contributed by atoms with van der Waals surface area (Å²) < 4.78 is 40.3. The monoisotopic (exact) mass is 338 g/mol. The number of hydrogen-bond acceptors (Lipinski definition) is 3. The molecule has 2 N–H and O–H groups in total. The zero-order valence-corrected chi connectivity index (χ0v) is 13.5. The fraction of sp³-hybridized carbons (Fsp3) is 0.600. The summed E-state index contributed by atoms with van der Waals surface area (Å²) in [6, 6.07) is 6.68. The van der Waals surface area contributed by atoms with E-state index in [-0.39, 0.29) is 24.2 Å². The van der Waals surface area contributed by atoms with Crippen LogP contribution in [0.5, 0.6) is 5.75 Å². The molecule has 3 nitrogen and oxygen atoms in total. The van der Waals surface area contributed by atoms with Crippen molar-refractivity contribution in [3.05, 3.63) is 29.8 Å². The van der Waals surface area contributed by atoms with Crippen LogP contribution in [0.2, 0.25) is 0 Å². The Kier molecular flexibility index (Phi) is 6.52. The van der Waals surface area contributed by atoms with Crippen LogP contribution < -0.4 is 10.5 Å². The average Bonchev–Trinajstić information content (AvgIpc) is 2.78. The van der Waals surface area contributed by atoms with E-state index in [9.17, 15) is 13.2 Å². The number of halogens is 4. The second kappa shape index (κ2) is 7.53. The van der Waals surface area contributed by atoms with Crippen molar-refractivity contribution in [2.75, 3.05) is 13.1 Å². The Hall–Kier alpha value is -0.980. The van der Waals surface area contributed by atoms with Crippen molar-refractivity contribution in [1.29, 1.82) is 0 Å². The Bertz CT molecular complexity index is 467. The maximum atomic E-state index is 12.1. The van der Waals surface area contributed by atoms with Gasteiger partial charge in [0.05, 0.1) is 0 Å². The quantitative estimate of drug-likeness (QED) is 0.909. The third kappa shape index (κ3) is 4.76. The summed E-state index contributed by atoms with van der Waals surface area (Å²) in [4.78, 5) is 2.34. The van der Waals surface area contributed by atoms with Gasteiger partial charge in [0.15, 0.2) is 0 Å². The molecule has 22 heavy (non-hydrogen) atoms. The van der Waals surface area contributed by atoms with Crippen molar-refractivity contribution in [1.82, 2.24) is 4.90 Å². The summed E-state index contributed by atoms with van der Waals surface area (Å²) in [6.45, 7) is 5.83. The fourth-order valence-electron chi connectivity index (χ4n) is 3.02. The van der Waals surface area contributed by atoms with Crippen molar-refractivity contribution in [2.45, 2.75) is 38.7 Å². The molecule has 0 radical (unpaired) electrons. The van der Waals surface area contributed by atoms with E-state index in [1.54, 1.807) is 12.1 Å². The third-order valence-corrected chi connectivity index (χ3v) is 4.14. The van der Waals surface area contributed by atoms with Crippen molar-refractivity contribution >= 4 is 12.4 Å². The lowest BCUT2D eigenvalue weighted by Crippen LogP contribution is -2.30. The van der Waals surface area contributed by atoms with Crippen LogP contribution in [0.1, 0.15) is 31.9 Å². The minimum atomic E-state index is -4.65. The van der Waals surface area contributed by atoms with E-state index in [0.717, 1.165) is 18.5 Å². The number of nitrogens with two attached hydrogens (primary N) is 1. The van der Waals surface area contributed by atoms with Crippen LogP contribution in [0, 0.1) is 5.92 Å². The molecule has 1 aromatic carbocycles. The molecule has 1 aliphatic rings. The highest BCUT2D eigenvalue weighted by atomic mass is 35.5. The van der Waals surface area contributed by atoms with Crippen LogP contribution in [0.15, 0.2) is 24.3 Å². The number of ether oxygens (including phenoxy) is 1. The average molecular weight is 339 g/mol. The first-order valence-corrected chi connectivity index (χ1v) is 7.11. The molecular formula is C15H22ClF3N2O. The first-order chi connectivity index (χ1) is 9.80. The maximum Gasteiger partial charge on any atom is 0.573 e. The highest BCUT2D eigenvalue weighted by Gasteiger charge is 2.33.